The summed E-state index contributed by atoms with van der Waals surface area (Å²) in [6, 6.07) is 5.11. The number of anilines is 1. The third kappa shape index (κ3) is 4.34. The maximum absolute atomic E-state index is 13.9. The van der Waals surface area contributed by atoms with Gasteiger partial charge in [-0.2, -0.15) is 0 Å². The van der Waals surface area contributed by atoms with Crippen molar-refractivity contribution in [2.45, 2.75) is 39.2 Å². The molecular weight excluding hydrogens is 267 g/mol. The Balaban J connectivity index is 1.91. The topological polar surface area (TPSA) is 24.5 Å². The fraction of sp³-hybridized carbons (Fsp3) is 0.647. The number of ether oxygens (including phenoxy) is 1. The Morgan fingerprint density at radius 2 is 2.10 bits per heavy atom. The van der Waals surface area contributed by atoms with Crippen LogP contribution >= 0.6 is 0 Å². The molecule has 0 bridgehead atoms. The monoisotopic (exact) mass is 294 g/mol. The Labute approximate surface area is 127 Å². The molecule has 21 heavy (non-hydrogen) atoms. The van der Waals surface area contributed by atoms with Crippen LogP contribution in [0.4, 0.5) is 10.1 Å². The molecular formula is C17H27FN2O. The van der Waals surface area contributed by atoms with E-state index >= 15 is 0 Å². The Bertz CT molecular complexity index is 444. The average Bonchev–Trinajstić information content (AvgIpc) is 2.50. The number of rotatable bonds is 6. The molecule has 2 rings (SSSR count). The van der Waals surface area contributed by atoms with Gasteiger partial charge in [-0.3, -0.25) is 0 Å². The minimum absolute atomic E-state index is 0.217. The van der Waals surface area contributed by atoms with Gasteiger partial charge in [0.2, 0.25) is 0 Å². The van der Waals surface area contributed by atoms with Crippen molar-refractivity contribution in [3.05, 3.63) is 24.0 Å². The summed E-state index contributed by atoms with van der Waals surface area (Å²) in [6.07, 6.45) is 3.58. The number of likely N-dealkylation sites (tertiary alicyclic amines) is 1. The first-order valence-corrected chi connectivity index (χ1v) is 7.96. The molecule has 1 aliphatic heterocycles. The van der Waals surface area contributed by atoms with Gasteiger partial charge in [0.15, 0.2) is 0 Å². The Hall–Kier alpha value is -1.29. The van der Waals surface area contributed by atoms with Gasteiger partial charge in [0, 0.05) is 12.1 Å². The van der Waals surface area contributed by atoms with E-state index in [2.05, 4.69) is 24.1 Å². The van der Waals surface area contributed by atoms with E-state index in [1.54, 1.807) is 19.2 Å². The number of benzene rings is 1. The van der Waals surface area contributed by atoms with Crippen LogP contribution in [-0.2, 0) is 0 Å². The van der Waals surface area contributed by atoms with Crippen LogP contribution in [0.1, 0.15) is 33.1 Å². The summed E-state index contributed by atoms with van der Waals surface area (Å²) in [6.45, 7) is 7.89. The van der Waals surface area contributed by atoms with Crippen LogP contribution in [0.3, 0.4) is 0 Å². The van der Waals surface area contributed by atoms with Crippen molar-refractivity contribution < 1.29 is 9.13 Å². The Morgan fingerprint density at radius 3 is 2.71 bits per heavy atom. The zero-order valence-electron chi connectivity index (χ0n) is 13.4. The first-order chi connectivity index (χ1) is 10.1. The van der Waals surface area contributed by atoms with Gasteiger partial charge in [-0.25, -0.2) is 4.39 Å². The summed E-state index contributed by atoms with van der Waals surface area (Å²) >= 11 is 0. The molecule has 1 saturated heterocycles. The zero-order chi connectivity index (χ0) is 15.2. The van der Waals surface area contributed by atoms with Crippen molar-refractivity contribution in [2.24, 2.45) is 5.92 Å². The highest BCUT2D eigenvalue weighted by Crippen LogP contribution is 2.26. The molecule has 0 radical (unpaired) electrons. The molecule has 0 aliphatic carbocycles. The third-order valence-electron chi connectivity index (χ3n) is 4.44. The van der Waals surface area contributed by atoms with Crippen molar-refractivity contribution in [3.8, 4) is 5.75 Å². The van der Waals surface area contributed by atoms with Crippen LogP contribution < -0.4 is 10.1 Å². The van der Waals surface area contributed by atoms with Crippen molar-refractivity contribution in [1.82, 2.24) is 4.90 Å². The maximum atomic E-state index is 13.9. The average molecular weight is 294 g/mol. The Morgan fingerprint density at radius 1 is 1.38 bits per heavy atom. The van der Waals surface area contributed by atoms with E-state index in [9.17, 15) is 4.39 Å². The molecule has 1 aromatic rings. The molecule has 1 aromatic carbocycles. The second-order valence-electron chi connectivity index (χ2n) is 5.96. The maximum Gasteiger partial charge on any atom is 0.146 e. The van der Waals surface area contributed by atoms with Gasteiger partial charge in [0.1, 0.15) is 11.6 Å². The molecule has 4 heteroatoms. The molecule has 0 spiro atoms. The van der Waals surface area contributed by atoms with E-state index in [0.717, 1.165) is 13.1 Å². The van der Waals surface area contributed by atoms with Crippen LogP contribution in [0.2, 0.25) is 0 Å². The van der Waals surface area contributed by atoms with E-state index in [4.69, 9.17) is 4.74 Å². The molecule has 3 nitrogen and oxygen atoms in total. The molecule has 1 N–H and O–H groups in total. The number of hydrogen-bond acceptors (Lipinski definition) is 3. The largest absolute Gasteiger partial charge is 0.497 e. The molecule has 1 aliphatic rings. The number of methoxy groups -OCH3 is 1. The number of piperidine rings is 1. The number of nitrogens with zero attached hydrogens (tertiary/aromatic N) is 1. The quantitative estimate of drug-likeness (QED) is 0.864. The normalized spacial score (nSPS) is 18.5. The van der Waals surface area contributed by atoms with E-state index in [0.29, 0.717) is 17.4 Å². The van der Waals surface area contributed by atoms with Crippen LogP contribution in [0.15, 0.2) is 18.2 Å². The minimum Gasteiger partial charge on any atom is -0.497 e. The standard InChI is InChI=1S/C17H27FN2O/c1-4-9-20-10-7-14(8-11-20)13(2)19-17-12-15(21-3)5-6-16(17)18/h5-6,12-14,19H,4,7-11H2,1-3H3. The summed E-state index contributed by atoms with van der Waals surface area (Å²) in [5.74, 6) is 1.07. The van der Waals surface area contributed by atoms with E-state index in [1.165, 1.54) is 31.9 Å². The smallest absolute Gasteiger partial charge is 0.146 e. The van der Waals surface area contributed by atoms with Crippen LogP contribution in [0.5, 0.6) is 5.75 Å². The van der Waals surface area contributed by atoms with Crippen molar-refractivity contribution in [2.75, 3.05) is 32.1 Å². The highest BCUT2D eigenvalue weighted by molar-refractivity contribution is 5.50. The highest BCUT2D eigenvalue weighted by Gasteiger charge is 2.24. The molecule has 0 saturated carbocycles. The predicted molar refractivity (Wildman–Crippen MR) is 85.5 cm³/mol. The van der Waals surface area contributed by atoms with E-state index < -0.39 is 0 Å². The second-order valence-corrected chi connectivity index (χ2v) is 5.96. The van der Waals surface area contributed by atoms with Gasteiger partial charge in [-0.05, 0) is 63.9 Å². The lowest BCUT2D eigenvalue weighted by Gasteiger charge is -2.35. The third-order valence-corrected chi connectivity index (χ3v) is 4.44. The van der Waals surface area contributed by atoms with Gasteiger partial charge < -0.3 is 15.0 Å². The predicted octanol–water partition coefficient (Wildman–Crippen LogP) is 3.76. The minimum atomic E-state index is -0.217. The van der Waals surface area contributed by atoms with Crippen LogP contribution in [0, 0.1) is 11.7 Å². The van der Waals surface area contributed by atoms with Gasteiger partial charge in [-0.15, -0.1) is 0 Å². The summed E-state index contributed by atoms with van der Waals surface area (Å²) in [4.78, 5) is 2.52. The van der Waals surface area contributed by atoms with Crippen LogP contribution in [0.25, 0.3) is 0 Å². The fourth-order valence-corrected chi connectivity index (χ4v) is 3.10. The van der Waals surface area contributed by atoms with E-state index in [1.807, 2.05) is 0 Å². The first-order valence-electron chi connectivity index (χ1n) is 7.96. The SMILES string of the molecule is CCCN1CCC(C(C)Nc2cc(OC)ccc2F)CC1. The van der Waals surface area contributed by atoms with Gasteiger partial charge in [0.05, 0.1) is 12.8 Å². The zero-order valence-corrected chi connectivity index (χ0v) is 13.4. The van der Waals surface area contributed by atoms with E-state index in [-0.39, 0.29) is 11.9 Å². The molecule has 1 heterocycles. The summed E-state index contributed by atoms with van der Waals surface area (Å²) in [5.41, 5.74) is 0.540. The van der Waals surface area contributed by atoms with Gasteiger partial charge in [0.25, 0.3) is 0 Å². The van der Waals surface area contributed by atoms with Gasteiger partial charge >= 0.3 is 0 Å². The number of halogens is 1. The molecule has 118 valence electrons. The van der Waals surface area contributed by atoms with Crippen molar-refractivity contribution in [3.63, 3.8) is 0 Å². The lowest BCUT2D eigenvalue weighted by molar-refractivity contribution is 0.176. The van der Waals surface area contributed by atoms with Crippen molar-refractivity contribution in [1.29, 1.82) is 0 Å². The Kier molecular flexibility index (Phi) is 5.85. The number of hydrogen-bond donors (Lipinski definition) is 1. The van der Waals surface area contributed by atoms with Crippen molar-refractivity contribution >= 4 is 5.69 Å². The fourth-order valence-electron chi connectivity index (χ4n) is 3.10. The molecule has 0 amide bonds. The summed E-state index contributed by atoms with van der Waals surface area (Å²) in [5, 5.41) is 3.33. The van der Waals surface area contributed by atoms with Gasteiger partial charge in [-0.1, -0.05) is 6.92 Å². The summed E-state index contributed by atoms with van der Waals surface area (Å²) < 4.78 is 19.0. The molecule has 1 fully saturated rings. The lowest BCUT2D eigenvalue weighted by Crippen LogP contribution is -2.39. The molecule has 1 atom stereocenters. The second kappa shape index (κ2) is 7.64. The summed E-state index contributed by atoms with van der Waals surface area (Å²) in [7, 11) is 1.60. The molecule has 0 aromatic heterocycles. The first kappa shape index (κ1) is 16.1. The lowest BCUT2D eigenvalue weighted by atomic mass is 9.90. The molecule has 1 unspecified atom stereocenters. The highest BCUT2D eigenvalue weighted by atomic mass is 19.1. The van der Waals surface area contributed by atoms with Crippen LogP contribution in [-0.4, -0.2) is 37.7 Å². The number of nitrogens with one attached hydrogen (secondary N) is 1.